The van der Waals surface area contributed by atoms with Gasteiger partial charge in [0, 0.05) is 11.0 Å². The van der Waals surface area contributed by atoms with Crippen molar-refractivity contribution in [1.82, 2.24) is 0 Å². The molecule has 0 N–H and O–H groups in total. The molecule has 3 rings (SSSR count). The highest BCUT2D eigenvalue weighted by molar-refractivity contribution is 6.08. The summed E-state index contributed by atoms with van der Waals surface area (Å²) in [4.78, 5) is 12.8. The lowest BCUT2D eigenvalue weighted by molar-refractivity contribution is 0.101. The summed E-state index contributed by atoms with van der Waals surface area (Å²) in [6.45, 7) is 8.74. The highest BCUT2D eigenvalue weighted by Crippen LogP contribution is 2.55. The van der Waals surface area contributed by atoms with Gasteiger partial charge in [0.25, 0.3) is 0 Å². The van der Waals surface area contributed by atoms with Crippen molar-refractivity contribution in [2.24, 2.45) is 0 Å². The van der Waals surface area contributed by atoms with Crippen molar-refractivity contribution in [3.8, 4) is 0 Å². The van der Waals surface area contributed by atoms with E-state index in [1.807, 2.05) is 6.07 Å². The zero-order valence-corrected chi connectivity index (χ0v) is 16.3. The first-order valence-corrected chi connectivity index (χ1v) is 9.69. The third kappa shape index (κ3) is 2.78. The van der Waals surface area contributed by atoms with Crippen LogP contribution in [-0.4, -0.2) is 5.78 Å². The van der Waals surface area contributed by atoms with Crippen molar-refractivity contribution in [1.29, 1.82) is 0 Å². The van der Waals surface area contributed by atoms with Crippen LogP contribution in [0.25, 0.3) is 5.57 Å². The highest BCUT2D eigenvalue weighted by Gasteiger charge is 2.43. The van der Waals surface area contributed by atoms with E-state index < -0.39 is 0 Å². The molecular weight excluding hydrogens is 320 g/mol. The molecule has 0 aliphatic heterocycles. The number of benzene rings is 1. The van der Waals surface area contributed by atoms with Gasteiger partial charge in [0.05, 0.1) is 6.26 Å². The predicted molar refractivity (Wildman–Crippen MR) is 107 cm³/mol. The van der Waals surface area contributed by atoms with E-state index in [-0.39, 0.29) is 11.2 Å². The molecule has 1 aromatic heterocycles. The maximum absolute atomic E-state index is 12.8. The van der Waals surface area contributed by atoms with Crippen molar-refractivity contribution < 1.29 is 9.21 Å². The number of rotatable bonds is 6. The van der Waals surface area contributed by atoms with Gasteiger partial charge in [0.1, 0.15) is 0 Å². The highest BCUT2D eigenvalue weighted by atomic mass is 16.3. The third-order valence-electron chi connectivity index (χ3n) is 5.57. The Morgan fingerprint density at radius 3 is 2.35 bits per heavy atom. The molecule has 0 saturated heterocycles. The van der Waals surface area contributed by atoms with E-state index in [1.54, 1.807) is 18.4 Å². The van der Waals surface area contributed by atoms with Crippen molar-refractivity contribution in [3.05, 3.63) is 76.8 Å². The first-order chi connectivity index (χ1) is 12.6. The number of carbonyl (C=O) groups excluding carboxylic acids is 1. The second kappa shape index (κ2) is 7.49. The van der Waals surface area contributed by atoms with Crippen LogP contribution < -0.4 is 0 Å². The predicted octanol–water partition coefficient (Wildman–Crippen LogP) is 6.71. The number of allylic oxidation sites excluding steroid dienone is 4. The summed E-state index contributed by atoms with van der Waals surface area (Å²) >= 11 is 0. The normalized spacial score (nSPS) is 18.5. The quantitative estimate of drug-likeness (QED) is 0.543. The fourth-order valence-electron chi connectivity index (χ4n) is 4.67. The van der Waals surface area contributed by atoms with Crippen LogP contribution >= 0.6 is 0 Å². The lowest BCUT2D eigenvalue weighted by Crippen LogP contribution is -2.25. The van der Waals surface area contributed by atoms with Gasteiger partial charge in [-0.3, -0.25) is 4.79 Å². The van der Waals surface area contributed by atoms with Gasteiger partial charge in [-0.25, -0.2) is 0 Å². The van der Waals surface area contributed by atoms with Crippen LogP contribution in [-0.2, 0) is 5.41 Å². The van der Waals surface area contributed by atoms with Gasteiger partial charge in [-0.1, -0.05) is 51.0 Å². The van der Waals surface area contributed by atoms with Crippen LogP contribution in [0.3, 0.4) is 0 Å². The first-order valence-electron chi connectivity index (χ1n) is 9.69. The molecule has 0 saturated carbocycles. The Kier molecular flexibility index (Phi) is 5.31. The molecule has 0 spiro atoms. The van der Waals surface area contributed by atoms with Gasteiger partial charge < -0.3 is 4.42 Å². The first kappa shape index (κ1) is 18.4. The summed E-state index contributed by atoms with van der Waals surface area (Å²) in [5.41, 5.74) is 6.04. The van der Waals surface area contributed by atoms with E-state index in [4.69, 9.17) is 4.42 Å². The summed E-state index contributed by atoms with van der Waals surface area (Å²) in [5, 5.41) is 0. The number of ketones is 1. The van der Waals surface area contributed by atoms with Gasteiger partial charge in [-0.15, -0.1) is 0 Å². The lowest BCUT2D eigenvalue weighted by atomic mass is 9.71. The Hall–Kier alpha value is -2.35. The van der Waals surface area contributed by atoms with Gasteiger partial charge in [-0.05, 0) is 67.2 Å². The molecule has 1 aliphatic carbocycles. The molecule has 1 heterocycles. The van der Waals surface area contributed by atoms with Gasteiger partial charge in [0.15, 0.2) is 5.76 Å². The maximum Gasteiger partial charge on any atom is 0.228 e. The number of fused-ring (bicyclic) bond motifs is 1. The molecule has 0 amide bonds. The van der Waals surface area contributed by atoms with Crippen molar-refractivity contribution >= 4 is 11.4 Å². The molecule has 0 bridgehead atoms. The smallest absolute Gasteiger partial charge is 0.228 e. The molecule has 2 nitrogen and oxygen atoms in total. The summed E-state index contributed by atoms with van der Waals surface area (Å²) in [6.07, 6.45) is 10.5. The molecule has 1 aromatic carbocycles. The molecule has 136 valence electrons. The molecule has 0 unspecified atom stereocenters. The zero-order chi connectivity index (χ0) is 18.7. The minimum Gasteiger partial charge on any atom is -0.461 e. The van der Waals surface area contributed by atoms with E-state index in [0.717, 1.165) is 25.7 Å². The molecule has 2 heteroatoms. The Morgan fingerprint density at radius 1 is 1.08 bits per heavy atom. The average Bonchev–Trinajstić information content (AvgIpc) is 3.27. The number of carbonyl (C=O) groups is 1. The Bertz CT molecular complexity index is 844. The monoisotopic (exact) mass is 348 g/mol. The van der Waals surface area contributed by atoms with Crippen molar-refractivity contribution in [2.75, 3.05) is 0 Å². The Morgan fingerprint density at radius 2 is 1.81 bits per heavy atom. The molecule has 0 atom stereocenters. The van der Waals surface area contributed by atoms with Crippen LogP contribution in [0, 0.1) is 0 Å². The van der Waals surface area contributed by atoms with E-state index in [2.05, 4.69) is 52.0 Å². The maximum atomic E-state index is 12.8. The number of hydrogen-bond donors (Lipinski definition) is 0. The van der Waals surface area contributed by atoms with E-state index in [0.29, 0.717) is 11.3 Å². The topological polar surface area (TPSA) is 30.2 Å². The van der Waals surface area contributed by atoms with Crippen LogP contribution in [0.1, 0.15) is 80.6 Å². The van der Waals surface area contributed by atoms with Crippen LogP contribution in [0.15, 0.2) is 58.7 Å². The third-order valence-corrected chi connectivity index (χ3v) is 5.57. The van der Waals surface area contributed by atoms with Crippen molar-refractivity contribution in [2.45, 2.75) is 58.8 Å². The molecule has 2 aromatic rings. The second-order valence-electron chi connectivity index (χ2n) is 7.05. The summed E-state index contributed by atoms with van der Waals surface area (Å²) in [6, 6.07) is 9.67. The van der Waals surface area contributed by atoms with Gasteiger partial charge >= 0.3 is 0 Å². The molecule has 0 radical (unpaired) electrons. The van der Waals surface area contributed by atoms with E-state index in [1.165, 1.54) is 22.3 Å². The average molecular weight is 348 g/mol. The number of furan rings is 1. The Balaban J connectivity index is 2.20. The van der Waals surface area contributed by atoms with Crippen LogP contribution in [0.4, 0.5) is 0 Å². The van der Waals surface area contributed by atoms with Crippen LogP contribution in [0.2, 0.25) is 0 Å². The zero-order valence-electron chi connectivity index (χ0n) is 16.3. The molecule has 26 heavy (non-hydrogen) atoms. The Labute approximate surface area is 156 Å². The summed E-state index contributed by atoms with van der Waals surface area (Å²) < 4.78 is 5.33. The lowest BCUT2D eigenvalue weighted by Gasteiger charge is -2.32. The standard InChI is InChI=1S/C24H28O2/c1-5-13-24(14-6-2)20(8-4)18(7-3)19-12-11-17(16-21(19)24)23(25)22-10-9-15-26-22/h7-12,15-16H,5-6,13-14H2,1-4H3/b18-7-,20-8?. The molecule has 0 fully saturated rings. The summed E-state index contributed by atoms with van der Waals surface area (Å²) in [5.74, 6) is 0.354. The minimum atomic E-state index is -0.0457. The minimum absolute atomic E-state index is 0.00881. The fraction of sp³-hybridized carbons (Fsp3) is 0.375. The van der Waals surface area contributed by atoms with Gasteiger partial charge in [0.2, 0.25) is 5.78 Å². The summed E-state index contributed by atoms with van der Waals surface area (Å²) in [7, 11) is 0. The van der Waals surface area contributed by atoms with Gasteiger partial charge in [-0.2, -0.15) is 0 Å². The largest absolute Gasteiger partial charge is 0.461 e. The van der Waals surface area contributed by atoms with E-state index >= 15 is 0 Å². The van der Waals surface area contributed by atoms with Crippen LogP contribution in [0.5, 0.6) is 0 Å². The molecular formula is C24H28O2. The fourth-order valence-corrected chi connectivity index (χ4v) is 4.67. The van der Waals surface area contributed by atoms with E-state index in [9.17, 15) is 4.79 Å². The number of hydrogen-bond acceptors (Lipinski definition) is 2. The second-order valence-corrected chi connectivity index (χ2v) is 7.05. The van der Waals surface area contributed by atoms with Crippen molar-refractivity contribution in [3.63, 3.8) is 0 Å². The molecule has 1 aliphatic rings. The SMILES string of the molecule is CC=C1/C(=C\C)c2ccc(C(=O)c3ccco3)cc2C1(CCC)CCC.